The van der Waals surface area contributed by atoms with Crippen molar-refractivity contribution in [2.45, 2.75) is 37.8 Å². The Morgan fingerprint density at radius 3 is 3.05 bits per heavy atom. The zero-order valence-electron chi connectivity index (χ0n) is 11.3. The second-order valence-electron chi connectivity index (χ2n) is 5.22. The van der Waals surface area contributed by atoms with Gasteiger partial charge in [0.05, 0.1) is 5.52 Å². The highest BCUT2D eigenvalue weighted by Crippen LogP contribution is 2.28. The molecule has 2 atom stereocenters. The molecule has 2 aromatic rings. The van der Waals surface area contributed by atoms with Crippen LogP contribution in [0.1, 0.15) is 25.7 Å². The van der Waals surface area contributed by atoms with Gasteiger partial charge in [0, 0.05) is 17.6 Å². The molecule has 2 unspecified atom stereocenters. The summed E-state index contributed by atoms with van der Waals surface area (Å²) in [4.78, 5) is 4.37. The van der Waals surface area contributed by atoms with Gasteiger partial charge in [-0.3, -0.25) is 4.98 Å². The third-order valence-electron chi connectivity index (χ3n) is 3.93. The van der Waals surface area contributed by atoms with E-state index in [9.17, 15) is 0 Å². The minimum Gasteiger partial charge on any atom is -0.490 e. The molecule has 1 aromatic heterocycles. The number of rotatable bonds is 3. The Hall–Kier alpha value is -1.61. The van der Waals surface area contributed by atoms with Crippen LogP contribution in [0.25, 0.3) is 10.9 Å². The molecule has 1 N–H and O–H groups in total. The Bertz CT molecular complexity index is 550. The van der Waals surface area contributed by atoms with Gasteiger partial charge in [0.15, 0.2) is 0 Å². The summed E-state index contributed by atoms with van der Waals surface area (Å²) in [5.74, 6) is 0.965. The Morgan fingerprint density at radius 1 is 1.21 bits per heavy atom. The fraction of sp³-hybridized carbons (Fsp3) is 0.438. The number of fused-ring (bicyclic) bond motifs is 1. The number of benzene rings is 1. The predicted octanol–water partition coefficient (Wildman–Crippen LogP) is 3.14. The van der Waals surface area contributed by atoms with Gasteiger partial charge < -0.3 is 10.1 Å². The third-order valence-corrected chi connectivity index (χ3v) is 3.93. The van der Waals surface area contributed by atoms with E-state index in [0.29, 0.717) is 12.1 Å². The Morgan fingerprint density at radius 2 is 2.16 bits per heavy atom. The van der Waals surface area contributed by atoms with Crippen LogP contribution < -0.4 is 10.1 Å². The van der Waals surface area contributed by atoms with Crippen LogP contribution in [-0.2, 0) is 0 Å². The summed E-state index contributed by atoms with van der Waals surface area (Å²) >= 11 is 0. The van der Waals surface area contributed by atoms with E-state index in [1.165, 1.54) is 12.8 Å². The first-order valence-corrected chi connectivity index (χ1v) is 7.04. The van der Waals surface area contributed by atoms with Gasteiger partial charge in [0.1, 0.15) is 11.9 Å². The van der Waals surface area contributed by atoms with Gasteiger partial charge in [-0.25, -0.2) is 0 Å². The molecule has 3 nitrogen and oxygen atoms in total. The summed E-state index contributed by atoms with van der Waals surface area (Å²) in [5.41, 5.74) is 1.00. The van der Waals surface area contributed by atoms with E-state index in [0.717, 1.165) is 29.5 Å². The zero-order chi connectivity index (χ0) is 13.1. The van der Waals surface area contributed by atoms with Crippen molar-refractivity contribution < 1.29 is 4.74 Å². The normalized spacial score (nSPS) is 23.4. The summed E-state index contributed by atoms with van der Waals surface area (Å²) < 4.78 is 6.22. The van der Waals surface area contributed by atoms with Gasteiger partial charge >= 0.3 is 0 Å². The lowest BCUT2D eigenvalue weighted by atomic mass is 9.93. The maximum atomic E-state index is 6.22. The van der Waals surface area contributed by atoms with E-state index < -0.39 is 0 Å². The number of aromatic nitrogens is 1. The molecule has 1 heterocycles. The van der Waals surface area contributed by atoms with E-state index in [-0.39, 0.29) is 0 Å². The van der Waals surface area contributed by atoms with Crippen LogP contribution >= 0.6 is 0 Å². The summed E-state index contributed by atoms with van der Waals surface area (Å²) in [7, 11) is 2.04. The molecule has 100 valence electrons. The number of hydrogen-bond acceptors (Lipinski definition) is 3. The molecule has 1 aromatic carbocycles. The van der Waals surface area contributed by atoms with Crippen LogP contribution in [0.5, 0.6) is 5.75 Å². The molecule has 0 saturated heterocycles. The zero-order valence-corrected chi connectivity index (χ0v) is 11.3. The van der Waals surface area contributed by atoms with Gasteiger partial charge in [-0.05, 0) is 57.0 Å². The number of ether oxygens (including phenoxy) is 1. The molecule has 0 spiro atoms. The van der Waals surface area contributed by atoms with Gasteiger partial charge in [-0.1, -0.05) is 6.07 Å². The fourth-order valence-corrected chi connectivity index (χ4v) is 2.87. The molecule has 3 heteroatoms. The van der Waals surface area contributed by atoms with E-state index in [4.69, 9.17) is 4.74 Å². The number of nitrogens with zero attached hydrogens (tertiary/aromatic N) is 1. The lowest BCUT2D eigenvalue weighted by Gasteiger charge is -2.29. The quantitative estimate of drug-likeness (QED) is 0.916. The Kier molecular flexibility index (Phi) is 3.65. The van der Waals surface area contributed by atoms with Crippen molar-refractivity contribution in [2.24, 2.45) is 0 Å². The molecular formula is C16H20N2O. The van der Waals surface area contributed by atoms with Crippen molar-refractivity contribution in [1.29, 1.82) is 0 Å². The molecule has 1 fully saturated rings. The SMILES string of the molecule is CNC1CCCC(Oc2cccc3ncccc23)C1. The van der Waals surface area contributed by atoms with Crippen LogP contribution in [0, 0.1) is 0 Å². The van der Waals surface area contributed by atoms with Crippen molar-refractivity contribution in [3.8, 4) is 5.75 Å². The second-order valence-corrected chi connectivity index (χ2v) is 5.22. The Labute approximate surface area is 114 Å². The summed E-state index contributed by atoms with van der Waals surface area (Å²) in [6.07, 6.45) is 6.87. The average Bonchev–Trinajstić information content (AvgIpc) is 2.48. The van der Waals surface area contributed by atoms with Gasteiger partial charge in [0.2, 0.25) is 0 Å². The maximum absolute atomic E-state index is 6.22. The lowest BCUT2D eigenvalue weighted by Crippen LogP contribution is -2.36. The molecule has 1 saturated carbocycles. The van der Waals surface area contributed by atoms with Crippen LogP contribution in [0.4, 0.5) is 0 Å². The minimum atomic E-state index is 0.317. The van der Waals surface area contributed by atoms with E-state index in [1.807, 2.05) is 37.5 Å². The first-order valence-electron chi connectivity index (χ1n) is 7.04. The predicted molar refractivity (Wildman–Crippen MR) is 77.5 cm³/mol. The molecule has 0 amide bonds. The highest BCUT2D eigenvalue weighted by Gasteiger charge is 2.22. The number of nitrogens with one attached hydrogen (secondary N) is 1. The van der Waals surface area contributed by atoms with E-state index >= 15 is 0 Å². The Balaban J connectivity index is 1.81. The first-order chi connectivity index (χ1) is 9.36. The van der Waals surface area contributed by atoms with Crippen molar-refractivity contribution in [3.63, 3.8) is 0 Å². The van der Waals surface area contributed by atoms with Crippen LogP contribution in [0.15, 0.2) is 36.5 Å². The molecule has 19 heavy (non-hydrogen) atoms. The van der Waals surface area contributed by atoms with Crippen LogP contribution in [0.3, 0.4) is 0 Å². The standard InChI is InChI=1S/C16H20N2O/c1-17-12-5-2-6-13(11-12)19-16-9-3-8-15-14(16)7-4-10-18-15/h3-4,7-10,12-13,17H,2,5-6,11H2,1H3. The molecule has 0 aliphatic heterocycles. The fourth-order valence-electron chi connectivity index (χ4n) is 2.87. The minimum absolute atomic E-state index is 0.317. The maximum Gasteiger partial charge on any atom is 0.129 e. The molecule has 0 bridgehead atoms. The summed E-state index contributed by atoms with van der Waals surface area (Å²) in [6.45, 7) is 0. The van der Waals surface area contributed by atoms with Crippen LogP contribution in [-0.4, -0.2) is 24.2 Å². The van der Waals surface area contributed by atoms with E-state index in [2.05, 4.69) is 16.4 Å². The highest BCUT2D eigenvalue weighted by atomic mass is 16.5. The smallest absolute Gasteiger partial charge is 0.129 e. The molecule has 0 radical (unpaired) electrons. The molecular weight excluding hydrogens is 236 g/mol. The summed E-state index contributed by atoms with van der Waals surface area (Å²) in [6, 6.07) is 10.7. The van der Waals surface area contributed by atoms with Gasteiger partial charge in [-0.15, -0.1) is 0 Å². The van der Waals surface area contributed by atoms with E-state index in [1.54, 1.807) is 0 Å². The molecule has 1 aliphatic carbocycles. The van der Waals surface area contributed by atoms with Crippen molar-refractivity contribution >= 4 is 10.9 Å². The van der Waals surface area contributed by atoms with Crippen LogP contribution in [0.2, 0.25) is 0 Å². The number of hydrogen-bond donors (Lipinski definition) is 1. The van der Waals surface area contributed by atoms with Crippen molar-refractivity contribution in [3.05, 3.63) is 36.5 Å². The summed E-state index contributed by atoms with van der Waals surface area (Å²) in [5, 5.41) is 4.47. The van der Waals surface area contributed by atoms with Crippen molar-refractivity contribution in [2.75, 3.05) is 7.05 Å². The van der Waals surface area contributed by atoms with Gasteiger partial charge in [0.25, 0.3) is 0 Å². The lowest BCUT2D eigenvalue weighted by molar-refractivity contribution is 0.139. The topological polar surface area (TPSA) is 34.1 Å². The third kappa shape index (κ3) is 2.71. The molecule has 3 rings (SSSR count). The monoisotopic (exact) mass is 256 g/mol. The van der Waals surface area contributed by atoms with Gasteiger partial charge in [-0.2, -0.15) is 0 Å². The number of pyridine rings is 1. The first kappa shape index (κ1) is 12.4. The molecule has 1 aliphatic rings. The highest BCUT2D eigenvalue weighted by molar-refractivity contribution is 5.84. The largest absolute Gasteiger partial charge is 0.490 e. The van der Waals surface area contributed by atoms with Crippen molar-refractivity contribution in [1.82, 2.24) is 10.3 Å². The second kappa shape index (κ2) is 5.57. The average molecular weight is 256 g/mol.